The molecule has 2 aromatic carbocycles. The summed E-state index contributed by atoms with van der Waals surface area (Å²) in [6, 6.07) is 12.6. The number of amides is 2. The highest BCUT2D eigenvalue weighted by atomic mass is 35.5. The molecule has 0 aromatic heterocycles. The van der Waals surface area contributed by atoms with Gasteiger partial charge in [-0.2, -0.15) is 0 Å². The molecule has 7 heteroatoms. The Morgan fingerprint density at radius 1 is 1.12 bits per heavy atom. The first-order valence-corrected chi connectivity index (χ1v) is 8.28. The van der Waals surface area contributed by atoms with Gasteiger partial charge in [-0.15, -0.1) is 0 Å². The van der Waals surface area contributed by atoms with Crippen molar-refractivity contribution in [1.29, 1.82) is 0 Å². The summed E-state index contributed by atoms with van der Waals surface area (Å²) in [5, 5.41) is 5.77. The highest BCUT2D eigenvalue weighted by molar-refractivity contribution is 6.31. The third-order valence-electron chi connectivity index (χ3n) is 3.62. The van der Waals surface area contributed by atoms with E-state index in [0.717, 1.165) is 5.56 Å². The molecule has 26 heavy (non-hydrogen) atoms. The molecule has 1 atom stereocenters. The molecule has 0 spiro atoms. The van der Waals surface area contributed by atoms with E-state index >= 15 is 0 Å². The number of hydrogen-bond acceptors (Lipinski definition) is 4. The van der Waals surface area contributed by atoms with Crippen LogP contribution in [0.1, 0.15) is 22.8 Å². The van der Waals surface area contributed by atoms with Crippen LogP contribution in [0.3, 0.4) is 0 Å². The summed E-state index contributed by atoms with van der Waals surface area (Å²) >= 11 is 6.13. The molecule has 0 saturated heterocycles. The van der Waals surface area contributed by atoms with Gasteiger partial charge in [0.05, 0.1) is 7.11 Å². The minimum atomic E-state index is -0.892. The molecule has 0 aliphatic carbocycles. The minimum Gasteiger partial charge on any atom is -0.467 e. The maximum atomic E-state index is 12.5. The van der Waals surface area contributed by atoms with Crippen LogP contribution in [-0.4, -0.2) is 30.9 Å². The van der Waals surface area contributed by atoms with E-state index in [1.54, 1.807) is 42.5 Å². The molecule has 136 valence electrons. The van der Waals surface area contributed by atoms with E-state index in [1.165, 1.54) is 20.1 Å². The first kappa shape index (κ1) is 19.5. The lowest BCUT2D eigenvalue weighted by Gasteiger charge is -2.17. The van der Waals surface area contributed by atoms with Crippen LogP contribution in [0.4, 0.5) is 5.69 Å². The number of rotatable bonds is 6. The second-order valence-corrected chi connectivity index (χ2v) is 6.01. The van der Waals surface area contributed by atoms with Gasteiger partial charge in [0, 0.05) is 29.6 Å². The number of nitrogens with one attached hydrogen (secondary N) is 2. The van der Waals surface area contributed by atoms with Crippen LogP contribution in [0.25, 0.3) is 0 Å². The van der Waals surface area contributed by atoms with Gasteiger partial charge in [0.2, 0.25) is 5.91 Å². The Labute approximate surface area is 156 Å². The highest BCUT2D eigenvalue weighted by Gasteiger charge is 2.23. The molecule has 0 radical (unpaired) electrons. The average molecular weight is 375 g/mol. The molecule has 6 nitrogen and oxygen atoms in total. The number of esters is 1. The fourth-order valence-electron chi connectivity index (χ4n) is 2.40. The second-order valence-electron chi connectivity index (χ2n) is 5.61. The third kappa shape index (κ3) is 5.32. The predicted molar refractivity (Wildman–Crippen MR) is 99.2 cm³/mol. The van der Waals surface area contributed by atoms with Crippen molar-refractivity contribution >= 4 is 35.1 Å². The fourth-order valence-corrected chi connectivity index (χ4v) is 2.62. The van der Waals surface area contributed by atoms with Gasteiger partial charge in [-0.3, -0.25) is 9.59 Å². The van der Waals surface area contributed by atoms with Crippen LogP contribution in [0.2, 0.25) is 5.02 Å². The SMILES string of the molecule is COC(=O)[C@H](Cc1ccccc1Cl)NC(=O)c1cccc(NC(C)=O)c1. The van der Waals surface area contributed by atoms with E-state index in [-0.39, 0.29) is 12.3 Å². The molecule has 0 aliphatic heterocycles. The number of benzene rings is 2. The van der Waals surface area contributed by atoms with Crippen LogP contribution < -0.4 is 10.6 Å². The molecule has 2 N–H and O–H groups in total. The van der Waals surface area contributed by atoms with E-state index in [2.05, 4.69) is 10.6 Å². The molecule has 0 heterocycles. The van der Waals surface area contributed by atoms with Crippen molar-refractivity contribution in [3.05, 3.63) is 64.7 Å². The standard InChI is InChI=1S/C19H19ClN2O4/c1-12(23)21-15-8-5-7-14(10-15)18(24)22-17(19(25)26-2)11-13-6-3-4-9-16(13)20/h3-10,17H,11H2,1-2H3,(H,21,23)(H,22,24)/t17-/m0/s1. The zero-order valence-corrected chi connectivity index (χ0v) is 15.2. The second kappa shape index (κ2) is 9.01. The van der Waals surface area contributed by atoms with Gasteiger partial charge in [0.1, 0.15) is 6.04 Å². The molecule has 2 amide bonds. The molecular formula is C19H19ClN2O4. The first-order valence-electron chi connectivity index (χ1n) is 7.90. The quantitative estimate of drug-likeness (QED) is 0.761. The number of halogens is 1. The van der Waals surface area contributed by atoms with Gasteiger partial charge in [-0.25, -0.2) is 4.79 Å². The number of carbonyl (C=O) groups excluding carboxylic acids is 3. The summed E-state index contributed by atoms with van der Waals surface area (Å²) in [7, 11) is 1.26. The predicted octanol–water partition coefficient (Wildman–Crippen LogP) is 2.81. The smallest absolute Gasteiger partial charge is 0.328 e. The summed E-state index contributed by atoms with van der Waals surface area (Å²) in [5.41, 5.74) is 1.52. The van der Waals surface area contributed by atoms with E-state index in [0.29, 0.717) is 16.3 Å². The first-order chi connectivity index (χ1) is 12.4. The minimum absolute atomic E-state index is 0.198. The van der Waals surface area contributed by atoms with Crippen molar-refractivity contribution in [2.24, 2.45) is 0 Å². The largest absolute Gasteiger partial charge is 0.467 e. The third-order valence-corrected chi connectivity index (χ3v) is 3.99. The number of carbonyl (C=O) groups is 3. The lowest BCUT2D eigenvalue weighted by atomic mass is 10.1. The van der Waals surface area contributed by atoms with Crippen LogP contribution >= 0.6 is 11.6 Å². The molecular weight excluding hydrogens is 356 g/mol. The Morgan fingerprint density at radius 2 is 1.85 bits per heavy atom. The zero-order valence-electron chi connectivity index (χ0n) is 14.4. The van der Waals surface area contributed by atoms with Crippen molar-refractivity contribution in [3.63, 3.8) is 0 Å². The Kier molecular flexibility index (Phi) is 6.74. The van der Waals surface area contributed by atoms with Crippen LogP contribution in [-0.2, 0) is 20.7 Å². The van der Waals surface area contributed by atoms with Crippen molar-refractivity contribution in [2.45, 2.75) is 19.4 Å². The Balaban J connectivity index is 2.17. The maximum absolute atomic E-state index is 12.5. The van der Waals surface area contributed by atoms with Gasteiger partial charge >= 0.3 is 5.97 Å². The zero-order chi connectivity index (χ0) is 19.1. The number of anilines is 1. The van der Waals surface area contributed by atoms with E-state index in [9.17, 15) is 14.4 Å². The lowest BCUT2D eigenvalue weighted by molar-refractivity contribution is -0.142. The molecule has 2 aromatic rings. The highest BCUT2D eigenvalue weighted by Crippen LogP contribution is 2.17. The maximum Gasteiger partial charge on any atom is 0.328 e. The molecule has 0 saturated carbocycles. The van der Waals surface area contributed by atoms with Crippen LogP contribution in [0.15, 0.2) is 48.5 Å². The normalized spacial score (nSPS) is 11.3. The monoisotopic (exact) mass is 374 g/mol. The van der Waals surface area contributed by atoms with E-state index in [4.69, 9.17) is 16.3 Å². The van der Waals surface area contributed by atoms with Gasteiger partial charge in [0.15, 0.2) is 0 Å². The van der Waals surface area contributed by atoms with Crippen molar-refractivity contribution in [2.75, 3.05) is 12.4 Å². The van der Waals surface area contributed by atoms with E-state index in [1.807, 2.05) is 0 Å². The van der Waals surface area contributed by atoms with Crippen molar-refractivity contribution in [1.82, 2.24) is 5.32 Å². The van der Waals surface area contributed by atoms with Crippen LogP contribution in [0, 0.1) is 0 Å². The molecule has 0 aliphatic rings. The van der Waals surface area contributed by atoms with Crippen molar-refractivity contribution in [3.8, 4) is 0 Å². The topological polar surface area (TPSA) is 84.5 Å². The molecule has 0 fully saturated rings. The summed E-state index contributed by atoms with van der Waals surface area (Å²) in [6.07, 6.45) is 0.198. The number of ether oxygens (including phenoxy) is 1. The average Bonchev–Trinajstić information content (AvgIpc) is 2.61. The molecule has 0 bridgehead atoms. The van der Waals surface area contributed by atoms with Gasteiger partial charge < -0.3 is 15.4 Å². The lowest BCUT2D eigenvalue weighted by Crippen LogP contribution is -2.43. The Bertz CT molecular complexity index is 823. The van der Waals surface area contributed by atoms with Gasteiger partial charge in [-0.05, 0) is 29.8 Å². The summed E-state index contributed by atoms with van der Waals surface area (Å²) < 4.78 is 4.78. The molecule has 2 rings (SSSR count). The van der Waals surface area contributed by atoms with Crippen LogP contribution in [0.5, 0.6) is 0 Å². The number of methoxy groups -OCH3 is 1. The Morgan fingerprint density at radius 3 is 2.50 bits per heavy atom. The summed E-state index contributed by atoms with van der Waals surface area (Å²) in [5.74, 6) is -1.27. The van der Waals surface area contributed by atoms with Gasteiger partial charge in [0.25, 0.3) is 5.91 Å². The Hall–Kier alpha value is -2.86. The fraction of sp³-hybridized carbons (Fsp3) is 0.211. The van der Waals surface area contributed by atoms with Crippen molar-refractivity contribution < 1.29 is 19.1 Å². The summed E-state index contributed by atoms with van der Waals surface area (Å²) in [4.78, 5) is 35.7. The molecule has 0 unspecified atom stereocenters. The van der Waals surface area contributed by atoms with Gasteiger partial charge in [-0.1, -0.05) is 35.9 Å². The van der Waals surface area contributed by atoms with E-state index < -0.39 is 17.9 Å². The number of hydrogen-bond donors (Lipinski definition) is 2. The summed E-state index contributed by atoms with van der Waals surface area (Å²) in [6.45, 7) is 1.38.